The van der Waals surface area contributed by atoms with Gasteiger partial charge in [-0.3, -0.25) is 0 Å². The lowest BCUT2D eigenvalue weighted by atomic mass is 9.92. The minimum Gasteiger partial charge on any atom is -0.351 e. The molecular weight excluding hydrogens is 390 g/mol. The van der Waals surface area contributed by atoms with Crippen LogP contribution in [0, 0.1) is 6.92 Å². The van der Waals surface area contributed by atoms with Gasteiger partial charge < -0.3 is 9.88 Å². The van der Waals surface area contributed by atoms with Crippen molar-refractivity contribution >= 4 is 16.2 Å². The number of aryl methyl sites for hydroxylation is 1. The molecule has 0 aliphatic heterocycles. The predicted octanol–water partition coefficient (Wildman–Crippen LogP) is 2.35. The highest BCUT2D eigenvalue weighted by Gasteiger charge is 2.26. The first-order valence-corrected chi connectivity index (χ1v) is 11.4. The number of hydrogen-bond donors (Lipinski definition) is 2. The van der Waals surface area contributed by atoms with E-state index < -0.39 is 10.2 Å². The molecule has 0 radical (unpaired) electrons. The van der Waals surface area contributed by atoms with Gasteiger partial charge in [0.25, 0.3) is 10.2 Å². The van der Waals surface area contributed by atoms with E-state index >= 15 is 0 Å². The average Bonchev–Trinajstić information content (AvgIpc) is 3.05. The maximum absolute atomic E-state index is 12.0. The highest BCUT2D eigenvalue weighted by atomic mass is 32.2. The van der Waals surface area contributed by atoms with E-state index in [1.807, 2.05) is 19.2 Å². The first-order chi connectivity index (χ1) is 13.7. The van der Waals surface area contributed by atoms with E-state index in [2.05, 4.69) is 38.4 Å². The first-order valence-electron chi connectivity index (χ1n) is 10.0. The van der Waals surface area contributed by atoms with Gasteiger partial charge in [0.2, 0.25) is 5.95 Å². The number of nitrogens with one attached hydrogen (secondary N) is 2. The molecule has 0 aromatic carbocycles. The number of nitrogens with zero attached hydrogens (tertiary/aromatic N) is 5. The fraction of sp³-hybridized carbons (Fsp3) is 0.632. The summed E-state index contributed by atoms with van der Waals surface area (Å²) >= 11 is 0. The largest absolute Gasteiger partial charge is 0.351 e. The van der Waals surface area contributed by atoms with E-state index in [9.17, 15) is 8.42 Å². The minimum atomic E-state index is -3.39. The Kier molecular flexibility index (Phi) is 6.55. The van der Waals surface area contributed by atoms with Crippen LogP contribution in [-0.4, -0.2) is 58.4 Å². The van der Waals surface area contributed by atoms with Gasteiger partial charge in [-0.2, -0.15) is 17.4 Å². The second kappa shape index (κ2) is 8.76. The highest BCUT2D eigenvalue weighted by molar-refractivity contribution is 7.87. The third-order valence-corrected chi connectivity index (χ3v) is 6.87. The summed E-state index contributed by atoms with van der Waals surface area (Å²) in [6.45, 7) is 6.25. The van der Waals surface area contributed by atoms with Crippen LogP contribution >= 0.6 is 0 Å². The molecule has 2 aromatic rings. The van der Waals surface area contributed by atoms with Crippen LogP contribution in [0.5, 0.6) is 0 Å². The van der Waals surface area contributed by atoms with Crippen molar-refractivity contribution < 1.29 is 8.42 Å². The molecule has 2 N–H and O–H groups in total. The smallest absolute Gasteiger partial charge is 0.279 e. The quantitative estimate of drug-likeness (QED) is 0.711. The maximum Gasteiger partial charge on any atom is 0.279 e. The molecule has 0 amide bonds. The van der Waals surface area contributed by atoms with Crippen LogP contribution < -0.4 is 10.0 Å². The maximum atomic E-state index is 12.0. The van der Waals surface area contributed by atoms with Crippen LogP contribution in [0.1, 0.15) is 51.4 Å². The molecule has 1 saturated carbocycles. The van der Waals surface area contributed by atoms with Crippen molar-refractivity contribution in [3.05, 3.63) is 24.3 Å². The van der Waals surface area contributed by atoms with Crippen molar-refractivity contribution in [2.24, 2.45) is 0 Å². The number of aromatic nitrogens is 4. The van der Waals surface area contributed by atoms with Gasteiger partial charge in [-0.1, -0.05) is 0 Å². The van der Waals surface area contributed by atoms with Crippen molar-refractivity contribution in [1.82, 2.24) is 28.5 Å². The molecule has 29 heavy (non-hydrogen) atoms. The summed E-state index contributed by atoms with van der Waals surface area (Å²) in [6, 6.07) is 2.38. The third kappa shape index (κ3) is 5.12. The number of hydrogen-bond acceptors (Lipinski definition) is 6. The summed E-state index contributed by atoms with van der Waals surface area (Å²) in [5.41, 5.74) is 1.81. The summed E-state index contributed by atoms with van der Waals surface area (Å²) in [7, 11) is -0.321. The van der Waals surface area contributed by atoms with E-state index in [-0.39, 0.29) is 12.1 Å². The first kappa shape index (κ1) is 21.7. The standard InChI is InChI=1S/C19H31N7O2S/c1-13(2)26-14(3)21-12-18(26)17-10-11-20-19(23-17)22-15-6-8-16(9-7-15)24-29(27,28)25(4)5/h10-13,15-16,24H,6-9H2,1-5H3,(H,20,22,23)/t15-,16-. The van der Waals surface area contributed by atoms with Crippen molar-refractivity contribution in [3.8, 4) is 11.4 Å². The van der Waals surface area contributed by atoms with E-state index in [1.54, 1.807) is 6.20 Å². The van der Waals surface area contributed by atoms with E-state index in [4.69, 9.17) is 4.98 Å². The fourth-order valence-electron chi connectivity index (χ4n) is 3.72. The van der Waals surface area contributed by atoms with Gasteiger partial charge in [-0.15, -0.1) is 0 Å². The van der Waals surface area contributed by atoms with Crippen molar-refractivity contribution in [2.75, 3.05) is 19.4 Å². The molecular formula is C19H31N7O2S. The predicted molar refractivity (Wildman–Crippen MR) is 114 cm³/mol. The Balaban J connectivity index is 1.64. The van der Waals surface area contributed by atoms with Crippen LogP contribution in [0.2, 0.25) is 0 Å². The molecule has 160 valence electrons. The van der Waals surface area contributed by atoms with E-state index in [1.165, 1.54) is 18.4 Å². The Morgan fingerprint density at radius 1 is 1.14 bits per heavy atom. The van der Waals surface area contributed by atoms with Crippen molar-refractivity contribution in [1.29, 1.82) is 0 Å². The third-order valence-electron chi connectivity index (χ3n) is 5.27. The Hall–Kier alpha value is -2.04. The molecule has 1 fully saturated rings. The van der Waals surface area contributed by atoms with Gasteiger partial charge in [0.15, 0.2) is 0 Å². The molecule has 0 unspecified atom stereocenters. The molecule has 10 heteroatoms. The van der Waals surface area contributed by atoms with Gasteiger partial charge in [-0.05, 0) is 52.5 Å². The van der Waals surface area contributed by atoms with Crippen molar-refractivity contribution in [3.63, 3.8) is 0 Å². The van der Waals surface area contributed by atoms with E-state index in [0.717, 1.165) is 42.9 Å². The number of imidazole rings is 1. The molecule has 0 bridgehead atoms. The Morgan fingerprint density at radius 3 is 2.41 bits per heavy atom. The van der Waals surface area contributed by atoms with Gasteiger partial charge in [-0.25, -0.2) is 15.0 Å². The number of anilines is 1. The minimum absolute atomic E-state index is 0.0314. The van der Waals surface area contributed by atoms with Crippen LogP contribution in [-0.2, 0) is 10.2 Å². The lowest BCUT2D eigenvalue weighted by Crippen LogP contribution is -2.44. The summed E-state index contributed by atoms with van der Waals surface area (Å²) < 4.78 is 30.1. The van der Waals surface area contributed by atoms with Crippen LogP contribution in [0.15, 0.2) is 18.5 Å². The zero-order valence-corrected chi connectivity index (χ0v) is 18.6. The molecule has 1 aliphatic carbocycles. The van der Waals surface area contributed by atoms with Gasteiger partial charge in [0, 0.05) is 38.4 Å². The Bertz CT molecular complexity index is 932. The summed E-state index contributed by atoms with van der Waals surface area (Å²) in [6.07, 6.45) is 6.89. The number of rotatable bonds is 7. The van der Waals surface area contributed by atoms with Crippen LogP contribution in [0.25, 0.3) is 11.4 Å². The fourth-order valence-corrected chi connectivity index (χ4v) is 4.59. The molecule has 2 heterocycles. The van der Waals surface area contributed by atoms with Gasteiger partial charge in [0.05, 0.1) is 17.6 Å². The molecule has 9 nitrogen and oxygen atoms in total. The summed E-state index contributed by atoms with van der Waals surface area (Å²) in [5.74, 6) is 1.55. The Labute approximate surface area is 173 Å². The van der Waals surface area contributed by atoms with Crippen molar-refractivity contribution in [2.45, 2.75) is 64.6 Å². The summed E-state index contributed by atoms with van der Waals surface area (Å²) in [4.78, 5) is 13.5. The molecule has 0 atom stereocenters. The van der Waals surface area contributed by atoms with Gasteiger partial charge >= 0.3 is 0 Å². The molecule has 3 rings (SSSR count). The molecule has 0 spiro atoms. The molecule has 2 aromatic heterocycles. The zero-order chi connectivity index (χ0) is 21.2. The lowest BCUT2D eigenvalue weighted by Gasteiger charge is -2.30. The monoisotopic (exact) mass is 421 g/mol. The second-order valence-electron chi connectivity index (χ2n) is 8.02. The van der Waals surface area contributed by atoms with E-state index in [0.29, 0.717) is 12.0 Å². The Morgan fingerprint density at radius 2 is 1.79 bits per heavy atom. The topological polar surface area (TPSA) is 105 Å². The van der Waals surface area contributed by atoms with Crippen LogP contribution in [0.3, 0.4) is 0 Å². The normalized spacial score (nSPS) is 20.4. The molecule has 1 aliphatic rings. The molecule has 0 saturated heterocycles. The zero-order valence-electron chi connectivity index (χ0n) is 17.8. The average molecular weight is 422 g/mol. The van der Waals surface area contributed by atoms with Crippen LogP contribution in [0.4, 0.5) is 5.95 Å². The SMILES string of the molecule is Cc1ncc(-c2ccnc(N[C@H]3CC[C@H](NS(=O)(=O)N(C)C)CC3)n2)n1C(C)C. The lowest BCUT2D eigenvalue weighted by molar-refractivity contribution is 0.378. The van der Waals surface area contributed by atoms with Gasteiger partial charge in [0.1, 0.15) is 5.82 Å². The summed E-state index contributed by atoms with van der Waals surface area (Å²) in [5, 5.41) is 3.41. The highest BCUT2D eigenvalue weighted by Crippen LogP contribution is 2.25. The second-order valence-corrected chi connectivity index (χ2v) is 9.93.